The van der Waals surface area contributed by atoms with Crippen molar-refractivity contribution >= 4 is 12.2 Å². The number of amides is 1. The molecule has 1 amide bonds. The predicted octanol–water partition coefficient (Wildman–Crippen LogP) is -1.57. The molecule has 3 N–H and O–H groups in total. The molecule has 14 heavy (non-hydrogen) atoms. The minimum atomic E-state index is -0.289. The third kappa shape index (κ3) is 9.11. The van der Waals surface area contributed by atoms with E-state index >= 15 is 0 Å². The molecule has 0 aromatic carbocycles. The molecule has 0 aliphatic heterocycles. The summed E-state index contributed by atoms with van der Waals surface area (Å²) in [6.07, 6.45) is 0.603. The summed E-state index contributed by atoms with van der Waals surface area (Å²) in [5, 5.41) is 3.08. The fourth-order valence-electron chi connectivity index (χ4n) is 0.725. The lowest BCUT2D eigenvalue weighted by molar-refractivity contribution is -0.127. The van der Waals surface area contributed by atoms with Gasteiger partial charge in [0.2, 0.25) is 0 Å². The van der Waals surface area contributed by atoms with Crippen LogP contribution in [-0.2, 0) is 14.3 Å². The van der Waals surface area contributed by atoms with E-state index in [0.29, 0.717) is 12.8 Å². The van der Waals surface area contributed by atoms with Gasteiger partial charge < -0.3 is 14.8 Å². The minimum absolute atomic E-state index is 0.0508. The van der Waals surface area contributed by atoms with Crippen LogP contribution in [0.1, 0.15) is 6.92 Å². The maximum Gasteiger partial charge on any atom is 0.260 e. The number of hydrogen-bond donors (Lipinski definition) is 3. The van der Waals surface area contributed by atoms with E-state index in [2.05, 4.69) is 20.9 Å². The van der Waals surface area contributed by atoms with E-state index in [-0.39, 0.29) is 19.1 Å². The van der Waals surface area contributed by atoms with Crippen LogP contribution in [0, 0.1) is 0 Å². The van der Waals surface area contributed by atoms with Crippen molar-refractivity contribution in [2.45, 2.75) is 6.92 Å². The van der Waals surface area contributed by atoms with E-state index < -0.39 is 0 Å². The van der Waals surface area contributed by atoms with Gasteiger partial charge in [-0.2, -0.15) is 0 Å². The molecule has 0 aromatic rings. The number of rotatable bonds is 9. The van der Waals surface area contributed by atoms with Gasteiger partial charge in [0.25, 0.3) is 5.91 Å². The Bertz CT molecular complexity index is 164. The molecule has 0 radical (unpaired) electrons. The van der Waals surface area contributed by atoms with Crippen LogP contribution in [0.3, 0.4) is 0 Å². The summed E-state index contributed by atoms with van der Waals surface area (Å²) in [6, 6.07) is 0. The Morgan fingerprint density at radius 2 is 2.21 bits per heavy atom. The van der Waals surface area contributed by atoms with Crippen molar-refractivity contribution in [1.82, 2.24) is 16.2 Å². The summed E-state index contributed by atoms with van der Waals surface area (Å²) in [7, 11) is 0. The minimum Gasteiger partial charge on any atom is -0.364 e. The molecule has 0 bridgehead atoms. The van der Waals surface area contributed by atoms with Gasteiger partial charge in [-0.05, 0) is 6.54 Å². The molecule has 6 nitrogen and oxygen atoms in total. The first kappa shape index (κ1) is 13.0. The zero-order chi connectivity index (χ0) is 10.6. The first-order valence-corrected chi connectivity index (χ1v) is 4.55. The SMILES string of the molecule is CCNCCNNC(=O)COCC=O. The molecule has 0 saturated heterocycles. The molecule has 6 heteroatoms. The summed E-state index contributed by atoms with van der Waals surface area (Å²) in [5.41, 5.74) is 5.15. The van der Waals surface area contributed by atoms with E-state index in [9.17, 15) is 9.59 Å². The van der Waals surface area contributed by atoms with Gasteiger partial charge in [0, 0.05) is 13.1 Å². The fourth-order valence-corrected chi connectivity index (χ4v) is 0.725. The summed E-state index contributed by atoms with van der Waals surface area (Å²) in [6.45, 7) is 4.18. The van der Waals surface area contributed by atoms with Gasteiger partial charge in [-0.25, -0.2) is 5.43 Å². The van der Waals surface area contributed by atoms with Gasteiger partial charge in [0.1, 0.15) is 19.5 Å². The van der Waals surface area contributed by atoms with Crippen molar-refractivity contribution in [3.63, 3.8) is 0 Å². The first-order chi connectivity index (χ1) is 6.81. The summed E-state index contributed by atoms with van der Waals surface area (Å²) in [5.74, 6) is -0.289. The van der Waals surface area contributed by atoms with Crippen LogP contribution in [-0.4, -0.2) is 45.0 Å². The Morgan fingerprint density at radius 3 is 2.86 bits per heavy atom. The molecule has 0 aromatic heterocycles. The second-order valence-electron chi connectivity index (χ2n) is 2.51. The van der Waals surface area contributed by atoms with Crippen LogP contribution in [0.4, 0.5) is 0 Å². The topological polar surface area (TPSA) is 79.5 Å². The molecule has 0 spiro atoms. The quantitative estimate of drug-likeness (QED) is 0.240. The Labute approximate surface area is 83.4 Å². The highest BCUT2D eigenvalue weighted by molar-refractivity contribution is 5.76. The Kier molecular flexibility index (Phi) is 9.40. The number of carbonyl (C=O) groups excluding carboxylic acids is 2. The number of hydrogen-bond acceptors (Lipinski definition) is 5. The molecule has 0 aliphatic carbocycles. The molecule has 0 aliphatic rings. The van der Waals surface area contributed by atoms with Crippen LogP contribution in [0.25, 0.3) is 0 Å². The van der Waals surface area contributed by atoms with Gasteiger partial charge >= 0.3 is 0 Å². The Morgan fingerprint density at radius 1 is 1.43 bits per heavy atom. The number of aldehydes is 1. The van der Waals surface area contributed by atoms with Crippen LogP contribution < -0.4 is 16.2 Å². The normalized spacial score (nSPS) is 9.79. The summed E-state index contributed by atoms with van der Waals surface area (Å²) in [4.78, 5) is 20.8. The summed E-state index contributed by atoms with van der Waals surface area (Å²) < 4.78 is 4.69. The maximum atomic E-state index is 10.9. The zero-order valence-corrected chi connectivity index (χ0v) is 8.34. The summed E-state index contributed by atoms with van der Waals surface area (Å²) >= 11 is 0. The van der Waals surface area contributed by atoms with Gasteiger partial charge in [-0.15, -0.1) is 0 Å². The lowest BCUT2D eigenvalue weighted by Crippen LogP contribution is -2.42. The monoisotopic (exact) mass is 203 g/mol. The highest BCUT2D eigenvalue weighted by Gasteiger charge is 1.98. The average Bonchev–Trinajstić information content (AvgIpc) is 2.18. The van der Waals surface area contributed by atoms with Crippen LogP contribution in [0.5, 0.6) is 0 Å². The number of nitrogens with one attached hydrogen (secondary N) is 3. The average molecular weight is 203 g/mol. The molecule has 0 atom stereocenters. The van der Waals surface area contributed by atoms with E-state index in [4.69, 9.17) is 0 Å². The first-order valence-electron chi connectivity index (χ1n) is 4.55. The lowest BCUT2D eigenvalue weighted by atomic mass is 10.6. The smallest absolute Gasteiger partial charge is 0.260 e. The third-order valence-corrected chi connectivity index (χ3v) is 1.32. The largest absolute Gasteiger partial charge is 0.364 e. The zero-order valence-electron chi connectivity index (χ0n) is 8.34. The van der Waals surface area contributed by atoms with Crippen molar-refractivity contribution in [1.29, 1.82) is 0 Å². The van der Waals surface area contributed by atoms with Crippen molar-refractivity contribution in [2.24, 2.45) is 0 Å². The predicted molar refractivity (Wildman–Crippen MR) is 51.6 cm³/mol. The standard InChI is InChI=1S/C8H17N3O3/c1-2-9-3-4-10-11-8(13)7-14-6-5-12/h5,9-10H,2-4,6-7H2,1H3,(H,11,13). The fraction of sp³-hybridized carbons (Fsp3) is 0.750. The molecular weight excluding hydrogens is 186 g/mol. The Hall–Kier alpha value is -0.980. The molecule has 82 valence electrons. The van der Waals surface area contributed by atoms with E-state index in [1.165, 1.54) is 0 Å². The second-order valence-corrected chi connectivity index (χ2v) is 2.51. The third-order valence-electron chi connectivity index (χ3n) is 1.32. The molecule has 0 unspecified atom stereocenters. The van der Waals surface area contributed by atoms with E-state index in [0.717, 1.165) is 13.1 Å². The van der Waals surface area contributed by atoms with Crippen LogP contribution in [0.2, 0.25) is 0 Å². The molecule has 0 fully saturated rings. The number of hydrazine groups is 1. The molecule has 0 rings (SSSR count). The molecule has 0 saturated carbocycles. The van der Waals surface area contributed by atoms with Crippen LogP contribution in [0.15, 0.2) is 0 Å². The molecular formula is C8H17N3O3. The Balaban J connectivity index is 3.14. The highest BCUT2D eigenvalue weighted by Crippen LogP contribution is 1.70. The number of ether oxygens (including phenoxy) is 1. The van der Waals surface area contributed by atoms with Gasteiger partial charge in [-0.3, -0.25) is 10.2 Å². The van der Waals surface area contributed by atoms with Crippen LogP contribution >= 0.6 is 0 Å². The van der Waals surface area contributed by atoms with Crippen molar-refractivity contribution < 1.29 is 14.3 Å². The maximum absolute atomic E-state index is 10.9. The van der Waals surface area contributed by atoms with E-state index in [1.54, 1.807) is 0 Å². The lowest BCUT2D eigenvalue weighted by Gasteiger charge is -2.06. The highest BCUT2D eigenvalue weighted by atomic mass is 16.5. The molecule has 0 heterocycles. The van der Waals surface area contributed by atoms with Gasteiger partial charge in [-0.1, -0.05) is 6.92 Å². The van der Waals surface area contributed by atoms with Crippen molar-refractivity contribution in [2.75, 3.05) is 32.8 Å². The number of carbonyl (C=O) groups is 2. The van der Waals surface area contributed by atoms with Gasteiger partial charge in [0.05, 0.1) is 0 Å². The number of likely N-dealkylation sites (N-methyl/N-ethyl adjacent to an activating group) is 1. The van der Waals surface area contributed by atoms with Gasteiger partial charge in [0.15, 0.2) is 0 Å². The van der Waals surface area contributed by atoms with Crippen molar-refractivity contribution in [3.05, 3.63) is 0 Å². The van der Waals surface area contributed by atoms with Crippen molar-refractivity contribution in [3.8, 4) is 0 Å². The second kappa shape index (κ2) is 10.1. The van der Waals surface area contributed by atoms with E-state index in [1.807, 2.05) is 6.92 Å².